The zero-order chi connectivity index (χ0) is 13.5. The summed E-state index contributed by atoms with van der Waals surface area (Å²) < 4.78 is 7.20. The van der Waals surface area contributed by atoms with E-state index in [0.29, 0.717) is 24.4 Å². The maximum absolute atomic E-state index is 6.20. The highest BCUT2D eigenvalue weighted by atomic mass is 35.5. The predicted octanol–water partition coefficient (Wildman–Crippen LogP) is 2.25. The van der Waals surface area contributed by atoms with Crippen molar-refractivity contribution in [3.63, 3.8) is 0 Å². The van der Waals surface area contributed by atoms with Crippen molar-refractivity contribution in [2.24, 2.45) is 0 Å². The minimum atomic E-state index is 0.304. The van der Waals surface area contributed by atoms with Gasteiger partial charge in [-0.3, -0.25) is 4.90 Å². The smallest absolute Gasteiger partial charge is 0.160 e. The number of rotatable bonds is 3. The largest absolute Gasteiger partial charge is 0.377 e. The lowest BCUT2D eigenvalue weighted by molar-refractivity contribution is -0.0269. The highest BCUT2D eigenvalue weighted by molar-refractivity contribution is 6.29. The number of hydrogen-bond donors (Lipinski definition) is 0. The molecule has 0 atom stereocenters. The van der Waals surface area contributed by atoms with Crippen LogP contribution in [0.4, 0.5) is 0 Å². The summed E-state index contributed by atoms with van der Waals surface area (Å²) in [4.78, 5) is 6.93. The molecule has 4 heterocycles. The van der Waals surface area contributed by atoms with Gasteiger partial charge in [0.25, 0.3) is 0 Å². The fourth-order valence-electron chi connectivity index (χ4n) is 2.99. The minimum Gasteiger partial charge on any atom is -0.377 e. The lowest BCUT2D eigenvalue weighted by Crippen LogP contribution is -2.31. The van der Waals surface area contributed by atoms with Crippen molar-refractivity contribution in [3.05, 3.63) is 23.0 Å². The molecule has 0 saturated carbocycles. The number of aromatic nitrogens is 3. The molecule has 2 aliphatic rings. The lowest BCUT2D eigenvalue weighted by atomic mass is 10.2. The molecule has 6 heteroatoms. The summed E-state index contributed by atoms with van der Waals surface area (Å²) in [6.07, 6.45) is 4.50. The van der Waals surface area contributed by atoms with Crippen LogP contribution in [0.25, 0.3) is 11.0 Å². The molecule has 0 spiro atoms. The fourth-order valence-corrected chi connectivity index (χ4v) is 3.20. The van der Waals surface area contributed by atoms with Crippen molar-refractivity contribution < 1.29 is 4.74 Å². The highest BCUT2D eigenvalue weighted by Crippen LogP contribution is 2.27. The Kier molecular flexibility index (Phi) is 3.13. The molecule has 4 rings (SSSR count). The van der Waals surface area contributed by atoms with Crippen LogP contribution in [0.1, 0.15) is 24.4 Å². The summed E-state index contributed by atoms with van der Waals surface area (Å²) in [6.45, 7) is 4.71. The first-order valence-corrected chi connectivity index (χ1v) is 7.52. The number of ether oxygens (including phenoxy) is 1. The molecule has 2 fully saturated rings. The van der Waals surface area contributed by atoms with Crippen LogP contribution < -0.4 is 0 Å². The van der Waals surface area contributed by atoms with Gasteiger partial charge in [0.15, 0.2) is 5.65 Å². The molecule has 2 saturated heterocycles. The quantitative estimate of drug-likeness (QED) is 0.814. The first kappa shape index (κ1) is 12.6. The summed E-state index contributed by atoms with van der Waals surface area (Å²) in [6, 6.07) is 2.28. The van der Waals surface area contributed by atoms with Crippen molar-refractivity contribution in [2.45, 2.75) is 25.4 Å². The summed E-state index contributed by atoms with van der Waals surface area (Å²) in [5.74, 6) is 0. The standard InChI is InChI=1S/C14H17ClN4O/c15-13-5-10(7-18-3-1-2-4-18)12-6-16-19(14(12)17-13)11-8-20-9-11/h5-6,11H,1-4,7-9H2. The molecular formula is C14H17ClN4O. The second kappa shape index (κ2) is 4.98. The SMILES string of the molecule is Clc1cc(CN2CCCC2)c2cnn(C3COC3)c2n1. The number of likely N-dealkylation sites (tertiary alicyclic amines) is 1. The zero-order valence-electron chi connectivity index (χ0n) is 11.3. The third-order valence-corrected chi connectivity index (χ3v) is 4.37. The molecule has 0 N–H and O–H groups in total. The second-order valence-corrected chi connectivity index (χ2v) is 5.99. The van der Waals surface area contributed by atoms with E-state index in [0.717, 1.165) is 17.6 Å². The second-order valence-electron chi connectivity index (χ2n) is 5.61. The molecule has 20 heavy (non-hydrogen) atoms. The van der Waals surface area contributed by atoms with E-state index in [1.165, 1.54) is 31.5 Å². The van der Waals surface area contributed by atoms with Crippen molar-refractivity contribution >= 4 is 22.6 Å². The Labute approximate surface area is 122 Å². The maximum atomic E-state index is 6.20. The van der Waals surface area contributed by atoms with Crippen LogP contribution in [0.15, 0.2) is 12.3 Å². The van der Waals surface area contributed by atoms with Crippen molar-refractivity contribution in [1.29, 1.82) is 0 Å². The van der Waals surface area contributed by atoms with Crippen LogP contribution in [0.3, 0.4) is 0 Å². The van der Waals surface area contributed by atoms with Gasteiger partial charge in [-0.25, -0.2) is 9.67 Å². The number of halogens is 1. The molecule has 2 aromatic rings. The minimum absolute atomic E-state index is 0.304. The molecular weight excluding hydrogens is 276 g/mol. The van der Waals surface area contributed by atoms with Gasteiger partial charge in [0, 0.05) is 11.9 Å². The van der Waals surface area contributed by atoms with Gasteiger partial charge in [0.05, 0.1) is 19.4 Å². The molecule has 5 nitrogen and oxygen atoms in total. The van der Waals surface area contributed by atoms with E-state index in [2.05, 4.69) is 15.0 Å². The third kappa shape index (κ3) is 2.10. The summed E-state index contributed by atoms with van der Waals surface area (Å²) in [5, 5.41) is 6.16. The van der Waals surface area contributed by atoms with Gasteiger partial charge in [0.1, 0.15) is 11.2 Å². The average molecular weight is 293 g/mol. The van der Waals surface area contributed by atoms with Crippen molar-refractivity contribution in [3.8, 4) is 0 Å². The maximum Gasteiger partial charge on any atom is 0.160 e. The van der Waals surface area contributed by atoms with Crippen LogP contribution in [-0.4, -0.2) is 46.0 Å². The van der Waals surface area contributed by atoms with Gasteiger partial charge in [-0.1, -0.05) is 11.6 Å². The molecule has 2 aliphatic heterocycles. The van der Waals surface area contributed by atoms with Crippen LogP contribution in [0, 0.1) is 0 Å². The van der Waals surface area contributed by atoms with E-state index in [1.807, 2.05) is 16.9 Å². The number of pyridine rings is 1. The van der Waals surface area contributed by atoms with Crippen molar-refractivity contribution in [2.75, 3.05) is 26.3 Å². The lowest BCUT2D eigenvalue weighted by Gasteiger charge is -2.26. The van der Waals surface area contributed by atoms with Crippen LogP contribution in [-0.2, 0) is 11.3 Å². The number of fused-ring (bicyclic) bond motifs is 1. The molecule has 2 aromatic heterocycles. The number of nitrogens with zero attached hydrogens (tertiary/aromatic N) is 4. The van der Waals surface area contributed by atoms with Gasteiger partial charge < -0.3 is 4.74 Å². The molecule has 0 unspecified atom stereocenters. The zero-order valence-corrected chi connectivity index (χ0v) is 12.0. The molecule has 0 bridgehead atoms. The highest BCUT2D eigenvalue weighted by Gasteiger charge is 2.25. The van der Waals surface area contributed by atoms with Crippen LogP contribution in [0.2, 0.25) is 5.15 Å². The normalized spacial score (nSPS) is 20.6. The Bertz CT molecular complexity index is 631. The third-order valence-electron chi connectivity index (χ3n) is 4.18. The first-order chi connectivity index (χ1) is 9.81. The van der Waals surface area contributed by atoms with E-state index in [1.54, 1.807) is 0 Å². The summed E-state index contributed by atoms with van der Waals surface area (Å²) >= 11 is 6.20. The molecule has 0 radical (unpaired) electrons. The topological polar surface area (TPSA) is 43.2 Å². The number of hydrogen-bond acceptors (Lipinski definition) is 4. The van der Waals surface area contributed by atoms with Crippen LogP contribution in [0.5, 0.6) is 0 Å². The van der Waals surface area contributed by atoms with E-state index >= 15 is 0 Å². The van der Waals surface area contributed by atoms with Crippen LogP contribution >= 0.6 is 11.6 Å². The van der Waals surface area contributed by atoms with Gasteiger partial charge in [-0.15, -0.1) is 0 Å². The monoisotopic (exact) mass is 292 g/mol. The van der Waals surface area contributed by atoms with Gasteiger partial charge in [-0.2, -0.15) is 5.10 Å². The van der Waals surface area contributed by atoms with Gasteiger partial charge in [0.2, 0.25) is 0 Å². The Morgan fingerprint density at radius 2 is 2.10 bits per heavy atom. The molecule has 0 amide bonds. The molecule has 0 aliphatic carbocycles. The summed E-state index contributed by atoms with van der Waals surface area (Å²) in [5.41, 5.74) is 2.12. The Hall–Kier alpha value is -1.17. The fraction of sp³-hybridized carbons (Fsp3) is 0.571. The van der Waals surface area contributed by atoms with E-state index in [-0.39, 0.29) is 0 Å². The Morgan fingerprint density at radius 1 is 1.30 bits per heavy atom. The Balaban J connectivity index is 1.73. The van der Waals surface area contributed by atoms with Crippen molar-refractivity contribution in [1.82, 2.24) is 19.7 Å². The molecule has 106 valence electrons. The average Bonchev–Trinajstić information content (AvgIpc) is 2.98. The van der Waals surface area contributed by atoms with E-state index in [4.69, 9.17) is 16.3 Å². The Morgan fingerprint density at radius 3 is 2.80 bits per heavy atom. The summed E-state index contributed by atoms with van der Waals surface area (Å²) in [7, 11) is 0. The van der Waals surface area contributed by atoms with Gasteiger partial charge in [-0.05, 0) is 37.6 Å². The predicted molar refractivity (Wildman–Crippen MR) is 76.9 cm³/mol. The van der Waals surface area contributed by atoms with E-state index in [9.17, 15) is 0 Å². The molecule has 0 aromatic carbocycles. The van der Waals surface area contributed by atoms with E-state index < -0.39 is 0 Å². The van der Waals surface area contributed by atoms with Gasteiger partial charge >= 0.3 is 0 Å². The first-order valence-electron chi connectivity index (χ1n) is 7.14.